The molecule has 0 aliphatic rings. The maximum atomic E-state index is 12.4. The lowest BCUT2D eigenvalue weighted by Crippen LogP contribution is -2.19. The average Bonchev–Trinajstić information content (AvgIpc) is 2.14. The first-order chi connectivity index (χ1) is 7.25. The van der Waals surface area contributed by atoms with Gasteiger partial charge in [0.25, 0.3) is 5.78 Å². The molecule has 0 atom stereocenters. The Morgan fingerprint density at radius 2 is 1.75 bits per heavy atom. The average molecular weight is 234 g/mol. The highest BCUT2D eigenvalue weighted by atomic mass is 19.4. The smallest absolute Gasteiger partial charge is 0.417 e. The number of carbonyl (C=O) groups excluding carboxylic acids is 1. The van der Waals surface area contributed by atoms with Crippen LogP contribution in [0.4, 0.5) is 13.2 Å². The van der Waals surface area contributed by atoms with Crippen LogP contribution in [0, 0.1) is 0 Å². The van der Waals surface area contributed by atoms with E-state index in [9.17, 15) is 22.8 Å². The van der Waals surface area contributed by atoms with Gasteiger partial charge in [0.2, 0.25) is 0 Å². The van der Waals surface area contributed by atoms with Gasteiger partial charge in [-0.1, -0.05) is 6.07 Å². The van der Waals surface area contributed by atoms with Crippen molar-refractivity contribution >= 4 is 11.8 Å². The van der Waals surface area contributed by atoms with Crippen LogP contribution in [-0.4, -0.2) is 22.0 Å². The van der Waals surface area contributed by atoms with Crippen molar-refractivity contribution in [2.24, 2.45) is 0 Å². The number of hydrogen-bond donors (Lipinski definition) is 2. The van der Waals surface area contributed by atoms with Gasteiger partial charge in [-0.3, -0.25) is 4.79 Å². The molecule has 1 aromatic carbocycles. The Morgan fingerprint density at radius 3 is 2.19 bits per heavy atom. The monoisotopic (exact) mass is 234 g/mol. The predicted molar refractivity (Wildman–Crippen MR) is 45.1 cm³/mol. The van der Waals surface area contributed by atoms with Crippen molar-refractivity contribution in [2.45, 2.75) is 6.18 Å². The fraction of sp³-hybridized carbons (Fsp3) is 0.111. The number of carboxylic acid groups (broad SMARTS) is 1. The number of rotatable bonds is 2. The summed E-state index contributed by atoms with van der Waals surface area (Å²) in [6.45, 7) is 0. The topological polar surface area (TPSA) is 74.6 Å². The molecule has 0 unspecified atom stereocenters. The van der Waals surface area contributed by atoms with E-state index >= 15 is 0 Å². The molecule has 0 saturated heterocycles. The molecule has 0 aliphatic heterocycles. The number of hydrogen-bond acceptors (Lipinski definition) is 3. The quantitative estimate of drug-likeness (QED) is 0.603. The van der Waals surface area contributed by atoms with E-state index in [1.54, 1.807) is 0 Å². The number of carboxylic acids is 1. The molecule has 0 aromatic heterocycles. The largest absolute Gasteiger partial charge is 0.507 e. The number of benzene rings is 1. The van der Waals surface area contributed by atoms with Gasteiger partial charge in [0.05, 0.1) is 11.1 Å². The minimum atomic E-state index is -4.90. The number of Topliss-reactive ketones (excluding diaryl/α,β-unsaturated/α-hetero) is 1. The molecule has 0 aliphatic carbocycles. The summed E-state index contributed by atoms with van der Waals surface area (Å²) in [5.41, 5.74) is -2.72. The Kier molecular flexibility index (Phi) is 2.88. The molecule has 7 heteroatoms. The van der Waals surface area contributed by atoms with Crippen molar-refractivity contribution in [3.05, 3.63) is 29.3 Å². The minimum absolute atomic E-state index is 0.524. The normalized spacial score (nSPS) is 11.2. The number of alkyl halides is 3. The zero-order chi connectivity index (χ0) is 12.5. The van der Waals surface area contributed by atoms with Gasteiger partial charge in [0.15, 0.2) is 0 Å². The Bertz CT molecular complexity index is 451. The van der Waals surface area contributed by atoms with E-state index in [2.05, 4.69) is 0 Å². The standard InChI is InChI=1S/C9H5F3O4/c10-9(11,12)4-2-1-3-5(13)6(4)7(14)8(15)16/h1-3,13H,(H,15,16). The van der Waals surface area contributed by atoms with Crippen LogP contribution in [0.5, 0.6) is 5.75 Å². The maximum absolute atomic E-state index is 12.4. The third-order valence-electron chi connectivity index (χ3n) is 1.77. The van der Waals surface area contributed by atoms with Crippen molar-refractivity contribution in [1.82, 2.24) is 0 Å². The van der Waals surface area contributed by atoms with E-state index in [0.29, 0.717) is 6.07 Å². The fourth-order valence-corrected chi connectivity index (χ4v) is 1.12. The van der Waals surface area contributed by atoms with Crippen LogP contribution in [-0.2, 0) is 11.0 Å². The Morgan fingerprint density at radius 1 is 1.19 bits per heavy atom. The number of halogens is 3. The molecule has 16 heavy (non-hydrogen) atoms. The van der Waals surface area contributed by atoms with Gasteiger partial charge in [0.1, 0.15) is 5.75 Å². The number of carbonyl (C=O) groups is 2. The molecule has 1 rings (SSSR count). The van der Waals surface area contributed by atoms with Crippen LogP contribution in [0.25, 0.3) is 0 Å². The number of phenolic OH excluding ortho intramolecular Hbond substituents is 1. The second-order valence-electron chi connectivity index (χ2n) is 2.83. The van der Waals surface area contributed by atoms with Crippen LogP contribution < -0.4 is 0 Å². The van der Waals surface area contributed by atoms with E-state index < -0.39 is 34.8 Å². The Balaban J connectivity index is 3.47. The third kappa shape index (κ3) is 2.13. The Labute approximate surface area is 86.9 Å². The first-order valence-corrected chi connectivity index (χ1v) is 3.92. The molecular weight excluding hydrogens is 229 g/mol. The number of aliphatic carboxylic acids is 1. The molecule has 2 N–H and O–H groups in total. The van der Waals surface area contributed by atoms with Crippen LogP contribution in [0.3, 0.4) is 0 Å². The second kappa shape index (κ2) is 3.84. The molecular formula is C9H5F3O4. The van der Waals surface area contributed by atoms with E-state index in [1.807, 2.05) is 0 Å². The van der Waals surface area contributed by atoms with Crippen molar-refractivity contribution in [1.29, 1.82) is 0 Å². The fourth-order valence-electron chi connectivity index (χ4n) is 1.12. The van der Waals surface area contributed by atoms with Gasteiger partial charge in [0, 0.05) is 0 Å². The Hall–Kier alpha value is -2.05. The number of ketones is 1. The van der Waals surface area contributed by atoms with Crippen molar-refractivity contribution in [2.75, 3.05) is 0 Å². The van der Waals surface area contributed by atoms with Gasteiger partial charge < -0.3 is 10.2 Å². The molecule has 0 spiro atoms. The number of aromatic hydroxyl groups is 1. The lowest BCUT2D eigenvalue weighted by molar-refractivity contribution is -0.138. The van der Waals surface area contributed by atoms with E-state index in [-0.39, 0.29) is 0 Å². The zero-order valence-electron chi connectivity index (χ0n) is 7.58. The van der Waals surface area contributed by atoms with Crippen LogP contribution in [0.15, 0.2) is 18.2 Å². The van der Waals surface area contributed by atoms with Gasteiger partial charge in [-0.2, -0.15) is 13.2 Å². The van der Waals surface area contributed by atoms with E-state index in [1.165, 1.54) is 0 Å². The van der Waals surface area contributed by atoms with Crippen LogP contribution in [0.2, 0.25) is 0 Å². The molecule has 0 saturated carbocycles. The van der Waals surface area contributed by atoms with Crippen LogP contribution >= 0.6 is 0 Å². The highest BCUT2D eigenvalue weighted by Crippen LogP contribution is 2.35. The first-order valence-electron chi connectivity index (χ1n) is 3.92. The molecule has 1 aromatic rings. The molecule has 0 amide bonds. The lowest BCUT2D eigenvalue weighted by atomic mass is 10.0. The maximum Gasteiger partial charge on any atom is 0.417 e. The van der Waals surface area contributed by atoms with E-state index in [0.717, 1.165) is 12.1 Å². The molecule has 4 nitrogen and oxygen atoms in total. The third-order valence-corrected chi connectivity index (χ3v) is 1.77. The first kappa shape index (κ1) is 12.0. The lowest BCUT2D eigenvalue weighted by Gasteiger charge is -2.11. The minimum Gasteiger partial charge on any atom is -0.507 e. The summed E-state index contributed by atoms with van der Waals surface area (Å²) in [4.78, 5) is 21.3. The SMILES string of the molecule is O=C(O)C(=O)c1c(O)cccc1C(F)(F)F. The summed E-state index contributed by atoms with van der Waals surface area (Å²) in [5, 5.41) is 17.4. The molecule has 0 radical (unpaired) electrons. The van der Waals surface area contributed by atoms with Gasteiger partial charge >= 0.3 is 12.1 Å². The van der Waals surface area contributed by atoms with Gasteiger partial charge in [-0.25, -0.2) is 4.79 Å². The highest BCUT2D eigenvalue weighted by Gasteiger charge is 2.38. The summed E-state index contributed by atoms with van der Waals surface area (Å²) >= 11 is 0. The summed E-state index contributed by atoms with van der Waals surface area (Å²) in [6.07, 6.45) is -4.90. The molecule has 0 fully saturated rings. The number of phenols is 1. The van der Waals surface area contributed by atoms with E-state index in [4.69, 9.17) is 10.2 Å². The zero-order valence-corrected chi connectivity index (χ0v) is 7.58. The predicted octanol–water partition coefficient (Wildman–Crippen LogP) is 1.68. The molecule has 0 bridgehead atoms. The van der Waals surface area contributed by atoms with Crippen molar-refractivity contribution in [3.63, 3.8) is 0 Å². The second-order valence-corrected chi connectivity index (χ2v) is 2.83. The van der Waals surface area contributed by atoms with Crippen LogP contribution in [0.1, 0.15) is 15.9 Å². The summed E-state index contributed by atoms with van der Waals surface area (Å²) in [5.74, 6) is -4.88. The van der Waals surface area contributed by atoms with Crippen molar-refractivity contribution in [3.8, 4) is 5.75 Å². The van der Waals surface area contributed by atoms with Gasteiger partial charge in [-0.05, 0) is 12.1 Å². The van der Waals surface area contributed by atoms with Crippen molar-refractivity contribution < 1.29 is 33.0 Å². The van der Waals surface area contributed by atoms with Gasteiger partial charge in [-0.15, -0.1) is 0 Å². The summed E-state index contributed by atoms with van der Waals surface area (Å²) < 4.78 is 37.2. The molecule has 86 valence electrons. The summed E-state index contributed by atoms with van der Waals surface area (Å²) in [7, 11) is 0. The highest BCUT2D eigenvalue weighted by molar-refractivity contribution is 6.40. The molecule has 0 heterocycles. The summed E-state index contributed by atoms with van der Waals surface area (Å²) in [6, 6.07) is 2.21.